The van der Waals surface area contributed by atoms with Crippen LogP contribution in [0, 0.1) is 11.7 Å². The van der Waals surface area contributed by atoms with Crippen molar-refractivity contribution in [3.63, 3.8) is 0 Å². The number of carbonyl (C=O) groups excluding carboxylic acids is 2. The Morgan fingerprint density at radius 2 is 1.73 bits per heavy atom. The van der Waals surface area contributed by atoms with Crippen LogP contribution < -0.4 is 10.6 Å². The normalized spacial score (nSPS) is 15.6. The van der Waals surface area contributed by atoms with Gasteiger partial charge in [0, 0.05) is 17.8 Å². The van der Waals surface area contributed by atoms with Crippen LogP contribution in [0.1, 0.15) is 49.0 Å². The lowest BCUT2D eigenvalue weighted by Gasteiger charge is -2.26. The van der Waals surface area contributed by atoms with Gasteiger partial charge in [0.05, 0.1) is 0 Å². The molecule has 1 heterocycles. The zero-order chi connectivity index (χ0) is 21.5. The molecule has 160 valence electrons. The molecule has 1 fully saturated rings. The van der Waals surface area contributed by atoms with Crippen molar-refractivity contribution in [3.05, 3.63) is 65.5 Å². The largest absolute Gasteiger partial charge is 0.340 e. The Kier molecular flexibility index (Phi) is 7.57. The fourth-order valence-corrected chi connectivity index (χ4v) is 3.70. The number of benzene rings is 2. The molecular formula is C24H30FN3O2. The predicted octanol–water partition coefficient (Wildman–Crippen LogP) is 4.20. The van der Waals surface area contributed by atoms with E-state index in [1.807, 2.05) is 32.0 Å². The van der Waals surface area contributed by atoms with Gasteiger partial charge in [0.1, 0.15) is 11.9 Å². The Morgan fingerprint density at radius 3 is 2.40 bits per heavy atom. The van der Waals surface area contributed by atoms with Crippen LogP contribution in [-0.4, -0.2) is 35.8 Å². The van der Waals surface area contributed by atoms with Crippen molar-refractivity contribution in [1.29, 1.82) is 0 Å². The Balaban J connectivity index is 1.63. The number of amides is 2. The van der Waals surface area contributed by atoms with Crippen molar-refractivity contribution in [2.75, 3.05) is 18.4 Å². The molecule has 6 heteroatoms. The molecule has 2 N–H and O–H groups in total. The summed E-state index contributed by atoms with van der Waals surface area (Å²) in [6.45, 7) is 6.85. The van der Waals surface area contributed by atoms with Crippen LogP contribution in [0.25, 0.3) is 0 Å². The molecular weight excluding hydrogens is 381 g/mol. The molecule has 1 aliphatic heterocycles. The number of anilines is 1. The first-order valence-electron chi connectivity index (χ1n) is 10.6. The summed E-state index contributed by atoms with van der Waals surface area (Å²) < 4.78 is 13.1. The summed E-state index contributed by atoms with van der Waals surface area (Å²) in [7, 11) is 0. The minimum Gasteiger partial charge on any atom is -0.340 e. The number of hydrogen-bond donors (Lipinski definition) is 2. The van der Waals surface area contributed by atoms with Crippen molar-refractivity contribution in [2.24, 2.45) is 5.92 Å². The molecule has 30 heavy (non-hydrogen) atoms. The van der Waals surface area contributed by atoms with E-state index in [0.717, 1.165) is 30.9 Å². The van der Waals surface area contributed by atoms with Gasteiger partial charge in [-0.3, -0.25) is 14.5 Å². The molecule has 0 saturated carbocycles. The third kappa shape index (κ3) is 6.13. The highest BCUT2D eigenvalue weighted by Crippen LogP contribution is 2.17. The molecule has 1 saturated heterocycles. The van der Waals surface area contributed by atoms with Gasteiger partial charge >= 0.3 is 0 Å². The lowest BCUT2D eigenvalue weighted by molar-refractivity contribution is -0.118. The third-order valence-corrected chi connectivity index (χ3v) is 5.39. The molecule has 5 nitrogen and oxygen atoms in total. The zero-order valence-corrected chi connectivity index (χ0v) is 17.7. The Morgan fingerprint density at radius 1 is 1.03 bits per heavy atom. The Labute approximate surface area is 177 Å². The summed E-state index contributed by atoms with van der Waals surface area (Å²) in [6, 6.07) is 12.4. The van der Waals surface area contributed by atoms with Gasteiger partial charge in [-0.1, -0.05) is 32.4 Å². The lowest BCUT2D eigenvalue weighted by atomic mass is 10.0. The quantitative estimate of drug-likeness (QED) is 0.718. The van der Waals surface area contributed by atoms with Gasteiger partial charge in [-0.15, -0.1) is 0 Å². The van der Waals surface area contributed by atoms with Crippen molar-refractivity contribution in [1.82, 2.24) is 10.2 Å². The maximum Gasteiger partial charge on any atom is 0.251 e. The van der Waals surface area contributed by atoms with E-state index in [4.69, 9.17) is 0 Å². The van der Waals surface area contributed by atoms with Crippen LogP contribution >= 0.6 is 0 Å². The second-order valence-electron chi connectivity index (χ2n) is 8.23. The molecule has 2 aromatic carbocycles. The summed E-state index contributed by atoms with van der Waals surface area (Å²) in [5.74, 6) is -1.18. The molecule has 0 aromatic heterocycles. The first-order chi connectivity index (χ1) is 14.4. The highest BCUT2D eigenvalue weighted by molar-refractivity contribution is 6.01. The summed E-state index contributed by atoms with van der Waals surface area (Å²) in [5, 5.41) is 5.71. The van der Waals surface area contributed by atoms with E-state index in [-0.39, 0.29) is 11.8 Å². The molecule has 2 amide bonds. The third-order valence-electron chi connectivity index (χ3n) is 5.39. The summed E-state index contributed by atoms with van der Waals surface area (Å²) >= 11 is 0. The molecule has 3 rings (SSSR count). The van der Waals surface area contributed by atoms with E-state index in [1.54, 1.807) is 0 Å². The second kappa shape index (κ2) is 10.3. The monoisotopic (exact) mass is 411 g/mol. The van der Waals surface area contributed by atoms with Crippen LogP contribution in [0.15, 0.2) is 48.5 Å². The molecule has 0 aliphatic carbocycles. The molecule has 0 spiro atoms. The summed E-state index contributed by atoms with van der Waals surface area (Å²) in [6.07, 6.45) is 3.77. The van der Waals surface area contributed by atoms with Crippen molar-refractivity contribution >= 4 is 17.5 Å². The van der Waals surface area contributed by atoms with Crippen LogP contribution in [-0.2, 0) is 11.3 Å². The average Bonchev–Trinajstić information content (AvgIpc) is 2.73. The maximum absolute atomic E-state index is 13.1. The smallest absolute Gasteiger partial charge is 0.251 e. The first-order valence-corrected chi connectivity index (χ1v) is 10.6. The number of rotatable bonds is 7. The van der Waals surface area contributed by atoms with Crippen LogP contribution in [0.2, 0.25) is 0 Å². The number of carbonyl (C=O) groups is 2. The number of halogens is 1. The fourth-order valence-electron chi connectivity index (χ4n) is 3.70. The van der Waals surface area contributed by atoms with E-state index < -0.39 is 17.8 Å². The van der Waals surface area contributed by atoms with Crippen LogP contribution in [0.5, 0.6) is 0 Å². The van der Waals surface area contributed by atoms with Gasteiger partial charge in [-0.05, 0) is 73.8 Å². The molecule has 2 aromatic rings. The number of hydrogen-bond acceptors (Lipinski definition) is 3. The van der Waals surface area contributed by atoms with Gasteiger partial charge in [0.15, 0.2) is 0 Å². The van der Waals surface area contributed by atoms with Crippen LogP contribution in [0.3, 0.4) is 0 Å². The minimum absolute atomic E-state index is 0.106. The van der Waals surface area contributed by atoms with Gasteiger partial charge < -0.3 is 10.6 Å². The van der Waals surface area contributed by atoms with Crippen molar-refractivity contribution in [2.45, 2.75) is 45.7 Å². The predicted molar refractivity (Wildman–Crippen MR) is 117 cm³/mol. The Hall–Kier alpha value is -2.73. The summed E-state index contributed by atoms with van der Waals surface area (Å²) in [4.78, 5) is 27.8. The van der Waals surface area contributed by atoms with Gasteiger partial charge in [-0.25, -0.2) is 4.39 Å². The van der Waals surface area contributed by atoms with Gasteiger partial charge in [-0.2, -0.15) is 0 Å². The van der Waals surface area contributed by atoms with Crippen molar-refractivity contribution < 1.29 is 14.0 Å². The van der Waals surface area contributed by atoms with Crippen LogP contribution in [0.4, 0.5) is 10.1 Å². The molecule has 0 bridgehead atoms. The molecule has 1 atom stereocenters. The van der Waals surface area contributed by atoms with Gasteiger partial charge in [0.2, 0.25) is 5.91 Å². The average molecular weight is 412 g/mol. The van der Waals surface area contributed by atoms with E-state index in [9.17, 15) is 14.0 Å². The lowest BCUT2D eigenvalue weighted by Crippen LogP contribution is -2.47. The van der Waals surface area contributed by atoms with Gasteiger partial charge in [0.25, 0.3) is 5.91 Å². The van der Waals surface area contributed by atoms with E-state index in [2.05, 4.69) is 21.6 Å². The van der Waals surface area contributed by atoms with E-state index in [0.29, 0.717) is 5.56 Å². The van der Waals surface area contributed by atoms with E-state index in [1.165, 1.54) is 43.5 Å². The fraction of sp³-hybridized carbons (Fsp3) is 0.417. The molecule has 0 radical (unpaired) electrons. The molecule has 1 aliphatic rings. The second-order valence-corrected chi connectivity index (χ2v) is 8.23. The zero-order valence-electron chi connectivity index (χ0n) is 17.7. The number of piperidine rings is 1. The number of nitrogens with one attached hydrogen (secondary N) is 2. The minimum atomic E-state index is -0.701. The maximum atomic E-state index is 13.1. The first kappa shape index (κ1) is 22.0. The van der Waals surface area contributed by atoms with Crippen molar-refractivity contribution in [3.8, 4) is 0 Å². The number of nitrogens with zero attached hydrogens (tertiary/aromatic N) is 1. The molecule has 1 unspecified atom stereocenters. The SMILES string of the molecule is CC(C)C(NC(=O)c1ccc(F)cc1)C(=O)Nc1cccc(CN2CCCCC2)c1. The highest BCUT2D eigenvalue weighted by atomic mass is 19.1. The topological polar surface area (TPSA) is 61.4 Å². The highest BCUT2D eigenvalue weighted by Gasteiger charge is 2.25. The Bertz CT molecular complexity index is 861. The number of likely N-dealkylation sites (tertiary alicyclic amines) is 1. The summed E-state index contributed by atoms with van der Waals surface area (Å²) in [5.41, 5.74) is 2.20. The van der Waals surface area contributed by atoms with E-state index >= 15 is 0 Å². The standard InChI is InChI=1S/C24H30FN3O2/c1-17(2)22(27-23(29)19-9-11-20(25)12-10-19)24(30)26-21-8-6-7-18(15-21)16-28-13-4-3-5-14-28/h6-12,15,17,22H,3-5,13-14,16H2,1-2H3,(H,26,30)(H,27,29).